The summed E-state index contributed by atoms with van der Waals surface area (Å²) in [6.07, 6.45) is 5.00. The van der Waals surface area contributed by atoms with Crippen molar-refractivity contribution in [2.45, 2.75) is 25.7 Å². The minimum Gasteiger partial charge on any atom is -0.379 e. The Labute approximate surface area is 213 Å². The summed E-state index contributed by atoms with van der Waals surface area (Å²) in [5, 5.41) is 0. The van der Waals surface area contributed by atoms with Gasteiger partial charge in [-0.05, 0) is 17.3 Å². The van der Waals surface area contributed by atoms with Gasteiger partial charge in [0.2, 0.25) is 0 Å². The molecule has 0 aliphatic carbocycles. The quantitative estimate of drug-likeness (QED) is 0.0738. The van der Waals surface area contributed by atoms with E-state index in [1.807, 2.05) is 0 Å². The first-order chi connectivity index (χ1) is 15.9. The lowest BCUT2D eigenvalue weighted by atomic mass is 10.2. The van der Waals surface area contributed by atoms with Crippen LogP contribution < -0.4 is 0 Å². The third-order valence-corrected chi connectivity index (χ3v) is 4.91. The molecule has 0 amide bonds. The number of unbranched alkanes of at least 4 members (excludes halogenated alkanes) is 3. The van der Waals surface area contributed by atoms with E-state index in [-0.39, 0.29) is 0 Å². The Balaban J connectivity index is 2.98. The lowest BCUT2D eigenvalue weighted by molar-refractivity contribution is -0.0228. The minimum atomic E-state index is 0.507. The Morgan fingerprint density at radius 2 is 0.625 bits per heavy atom. The zero-order valence-corrected chi connectivity index (χ0v) is 22.5. The normalized spacial score (nSPS) is 11.4. The minimum absolute atomic E-state index is 0.507. The van der Waals surface area contributed by atoms with Gasteiger partial charge in [-0.2, -0.15) is 0 Å². The van der Waals surface area contributed by atoms with Crippen molar-refractivity contribution in [3.05, 3.63) is 0 Å². The summed E-state index contributed by atoms with van der Waals surface area (Å²) in [5.74, 6) is 0.507. The van der Waals surface area contributed by atoms with Crippen LogP contribution >= 0.6 is 34.2 Å². The first-order valence-electron chi connectivity index (χ1n) is 11.7. The predicted molar refractivity (Wildman–Crippen MR) is 135 cm³/mol. The molecule has 0 rings (SSSR count). The highest BCUT2D eigenvalue weighted by molar-refractivity contribution is 14.1. The highest BCUT2D eigenvalue weighted by atomic mass is 127. The summed E-state index contributed by atoms with van der Waals surface area (Å²) in [6.45, 7) is 9.27. The average Bonchev–Trinajstić information content (AvgIpc) is 2.81. The molecular formula is C22H44ClIO8. The van der Waals surface area contributed by atoms with E-state index in [0.717, 1.165) is 13.0 Å². The SMILES string of the molecule is ClCCOCCOCCOCCOCCOCCOCCOCCOCCCCCCI. The van der Waals surface area contributed by atoms with Crippen LogP contribution in [0.2, 0.25) is 0 Å². The standard InChI is InChI=1S/C22H44ClIO8/c23-5-8-26-10-12-28-14-16-30-18-20-32-22-21-31-19-17-29-15-13-27-11-9-25-7-4-2-1-3-6-24/h1-22H2. The summed E-state index contributed by atoms with van der Waals surface area (Å²) in [5.41, 5.74) is 0. The maximum Gasteiger partial charge on any atom is 0.0701 e. The van der Waals surface area contributed by atoms with Gasteiger partial charge in [-0.25, -0.2) is 0 Å². The molecule has 0 aromatic heterocycles. The molecule has 0 aliphatic rings. The molecule has 0 saturated carbocycles. The Morgan fingerprint density at radius 3 is 0.938 bits per heavy atom. The van der Waals surface area contributed by atoms with E-state index in [1.165, 1.54) is 23.7 Å². The molecule has 0 aliphatic heterocycles. The van der Waals surface area contributed by atoms with Crippen molar-refractivity contribution in [2.75, 3.05) is 116 Å². The number of alkyl halides is 2. The molecule has 0 aromatic carbocycles. The molecule has 194 valence electrons. The largest absolute Gasteiger partial charge is 0.379 e. The molecule has 32 heavy (non-hydrogen) atoms. The van der Waals surface area contributed by atoms with Crippen LogP contribution in [-0.4, -0.2) is 116 Å². The number of ether oxygens (including phenoxy) is 8. The zero-order chi connectivity index (χ0) is 23.2. The number of halogens is 2. The molecule has 0 aromatic rings. The summed E-state index contributed by atoms with van der Waals surface area (Å²) in [6, 6.07) is 0. The van der Waals surface area contributed by atoms with Gasteiger partial charge in [-0.15, -0.1) is 11.6 Å². The summed E-state index contributed by atoms with van der Waals surface area (Å²) in [4.78, 5) is 0. The van der Waals surface area contributed by atoms with Crippen LogP contribution in [0.4, 0.5) is 0 Å². The van der Waals surface area contributed by atoms with Gasteiger partial charge in [-0.1, -0.05) is 35.4 Å². The van der Waals surface area contributed by atoms with Crippen molar-refractivity contribution in [2.24, 2.45) is 0 Å². The van der Waals surface area contributed by atoms with E-state index >= 15 is 0 Å². The van der Waals surface area contributed by atoms with E-state index in [0.29, 0.717) is 105 Å². The van der Waals surface area contributed by atoms with E-state index in [4.69, 9.17) is 49.5 Å². The summed E-state index contributed by atoms with van der Waals surface area (Å²) in [7, 11) is 0. The monoisotopic (exact) mass is 598 g/mol. The van der Waals surface area contributed by atoms with E-state index in [1.54, 1.807) is 0 Å². The third-order valence-electron chi connectivity index (χ3n) is 4.00. The molecule has 0 spiro atoms. The first kappa shape index (κ1) is 32.7. The van der Waals surface area contributed by atoms with Gasteiger partial charge in [-0.3, -0.25) is 0 Å². The molecule has 0 radical (unpaired) electrons. The average molecular weight is 599 g/mol. The Hall–Kier alpha value is 0.700. The molecule has 0 saturated heterocycles. The van der Waals surface area contributed by atoms with Crippen LogP contribution in [0.3, 0.4) is 0 Å². The van der Waals surface area contributed by atoms with Gasteiger partial charge in [0, 0.05) is 12.5 Å². The maximum absolute atomic E-state index is 5.54. The smallest absolute Gasteiger partial charge is 0.0701 e. The van der Waals surface area contributed by atoms with Crippen molar-refractivity contribution in [3.63, 3.8) is 0 Å². The highest BCUT2D eigenvalue weighted by Crippen LogP contribution is 2.02. The molecule has 0 N–H and O–H groups in total. The van der Waals surface area contributed by atoms with Crippen LogP contribution in [-0.2, 0) is 37.9 Å². The second kappa shape index (κ2) is 31.7. The Morgan fingerprint density at radius 1 is 0.344 bits per heavy atom. The second-order valence-electron chi connectivity index (χ2n) is 6.69. The van der Waals surface area contributed by atoms with Crippen molar-refractivity contribution < 1.29 is 37.9 Å². The molecule has 10 heteroatoms. The molecule has 0 bridgehead atoms. The van der Waals surface area contributed by atoms with Crippen LogP contribution in [0.5, 0.6) is 0 Å². The van der Waals surface area contributed by atoms with Crippen molar-refractivity contribution in [3.8, 4) is 0 Å². The number of hydrogen-bond donors (Lipinski definition) is 0. The van der Waals surface area contributed by atoms with Crippen LogP contribution in [0.1, 0.15) is 25.7 Å². The van der Waals surface area contributed by atoms with Gasteiger partial charge < -0.3 is 37.9 Å². The zero-order valence-electron chi connectivity index (χ0n) is 19.6. The Bertz CT molecular complexity index is 302. The van der Waals surface area contributed by atoms with Gasteiger partial charge in [0.1, 0.15) is 0 Å². The fourth-order valence-corrected chi connectivity index (χ4v) is 3.00. The van der Waals surface area contributed by atoms with Crippen LogP contribution in [0.15, 0.2) is 0 Å². The number of hydrogen-bond acceptors (Lipinski definition) is 8. The fraction of sp³-hybridized carbons (Fsp3) is 1.00. The van der Waals surface area contributed by atoms with Crippen molar-refractivity contribution >= 4 is 34.2 Å². The van der Waals surface area contributed by atoms with E-state index < -0.39 is 0 Å². The van der Waals surface area contributed by atoms with Crippen molar-refractivity contribution in [1.82, 2.24) is 0 Å². The fourth-order valence-electron chi connectivity index (χ4n) is 2.35. The second-order valence-corrected chi connectivity index (χ2v) is 8.15. The van der Waals surface area contributed by atoms with Crippen LogP contribution in [0.25, 0.3) is 0 Å². The molecule has 8 nitrogen and oxygen atoms in total. The Kier molecular flexibility index (Phi) is 32.4. The van der Waals surface area contributed by atoms with E-state index in [2.05, 4.69) is 22.6 Å². The lowest BCUT2D eigenvalue weighted by Crippen LogP contribution is -2.15. The molecule has 0 heterocycles. The lowest BCUT2D eigenvalue weighted by Gasteiger charge is -2.08. The third kappa shape index (κ3) is 30.7. The van der Waals surface area contributed by atoms with E-state index in [9.17, 15) is 0 Å². The summed E-state index contributed by atoms with van der Waals surface area (Å²) < 4.78 is 44.5. The molecule has 0 unspecified atom stereocenters. The predicted octanol–water partition coefficient (Wildman–Crippen LogP) is 3.35. The maximum atomic E-state index is 5.54. The topological polar surface area (TPSA) is 73.8 Å². The highest BCUT2D eigenvalue weighted by Gasteiger charge is 1.95. The van der Waals surface area contributed by atoms with Gasteiger partial charge in [0.05, 0.1) is 99.1 Å². The van der Waals surface area contributed by atoms with Crippen LogP contribution in [0, 0.1) is 0 Å². The van der Waals surface area contributed by atoms with Gasteiger partial charge >= 0.3 is 0 Å². The molecule has 0 atom stereocenters. The molecule has 0 fully saturated rings. The van der Waals surface area contributed by atoms with Gasteiger partial charge in [0.15, 0.2) is 0 Å². The summed E-state index contributed by atoms with van der Waals surface area (Å²) >= 11 is 7.92. The molecular weight excluding hydrogens is 555 g/mol. The number of rotatable bonds is 29. The first-order valence-corrected chi connectivity index (χ1v) is 13.7. The van der Waals surface area contributed by atoms with Crippen molar-refractivity contribution in [1.29, 1.82) is 0 Å². The van der Waals surface area contributed by atoms with Gasteiger partial charge in [0.25, 0.3) is 0 Å².